The fraction of sp³-hybridized carbons (Fsp3) is 0.500. The van der Waals surface area contributed by atoms with E-state index in [1.54, 1.807) is 0 Å². The van der Waals surface area contributed by atoms with Gasteiger partial charge in [-0.15, -0.1) is 0 Å². The predicted molar refractivity (Wildman–Crippen MR) is 79.9 cm³/mol. The van der Waals surface area contributed by atoms with Gasteiger partial charge >= 0.3 is 0 Å². The molecule has 0 saturated carbocycles. The van der Waals surface area contributed by atoms with Crippen molar-refractivity contribution in [3.63, 3.8) is 0 Å². The first-order valence-corrected chi connectivity index (χ1v) is 7.33. The van der Waals surface area contributed by atoms with Crippen LogP contribution in [-0.4, -0.2) is 46.5 Å². The number of hydrogen-bond acceptors (Lipinski definition) is 6. The highest BCUT2D eigenvalue weighted by atomic mass is 32.2. The molecule has 2 N–H and O–H groups in total. The van der Waals surface area contributed by atoms with Gasteiger partial charge < -0.3 is 14.9 Å². The van der Waals surface area contributed by atoms with Crippen LogP contribution in [0.5, 0.6) is 0 Å². The Morgan fingerprint density at radius 3 is 2.50 bits per heavy atom. The van der Waals surface area contributed by atoms with Crippen molar-refractivity contribution < 1.29 is 14.9 Å². The van der Waals surface area contributed by atoms with Crippen LogP contribution in [0.1, 0.15) is 0 Å². The van der Waals surface area contributed by atoms with E-state index < -0.39 is 29.8 Å². The summed E-state index contributed by atoms with van der Waals surface area (Å²) in [4.78, 5) is 6.18. The monoisotopic (exact) mass is 322 g/mol. The molecule has 0 bridgehead atoms. The minimum atomic E-state index is -1.30. The minimum absolute atomic E-state index is 0.121. The first-order chi connectivity index (χ1) is 10.7. The van der Waals surface area contributed by atoms with Gasteiger partial charge in [0.05, 0.1) is 18.8 Å². The number of aliphatic hydroxyl groups is 2. The van der Waals surface area contributed by atoms with Crippen LogP contribution in [0.25, 0.3) is 20.9 Å². The average molecular weight is 322 g/mol. The van der Waals surface area contributed by atoms with Crippen molar-refractivity contribution in [3.8, 4) is 0 Å². The van der Waals surface area contributed by atoms with E-state index >= 15 is 0 Å². The van der Waals surface area contributed by atoms with Crippen LogP contribution < -0.4 is 0 Å². The van der Waals surface area contributed by atoms with Crippen LogP contribution in [-0.2, 0) is 4.74 Å². The third kappa shape index (κ3) is 3.83. The Morgan fingerprint density at radius 1 is 1.14 bits per heavy atom. The number of ether oxygens (including phenoxy) is 1. The molecule has 2 rings (SSSR count). The molecule has 1 saturated heterocycles. The van der Waals surface area contributed by atoms with Crippen molar-refractivity contribution in [1.82, 2.24) is 0 Å². The molecule has 22 heavy (non-hydrogen) atoms. The summed E-state index contributed by atoms with van der Waals surface area (Å²) >= 11 is 1.26. The van der Waals surface area contributed by atoms with Crippen molar-refractivity contribution >= 4 is 11.8 Å². The fourth-order valence-electron chi connectivity index (χ4n) is 2.10. The van der Waals surface area contributed by atoms with E-state index in [2.05, 4.69) is 20.1 Å². The normalized spacial score (nSPS) is 30.9. The maximum atomic E-state index is 10.1. The highest BCUT2D eigenvalue weighted by Crippen LogP contribution is 2.35. The Labute approximate surface area is 130 Å². The number of thioether (sulfide) groups is 1. The smallest absolute Gasteiger partial charge is 0.119 e. The van der Waals surface area contributed by atoms with E-state index in [1.807, 2.05) is 30.3 Å². The summed E-state index contributed by atoms with van der Waals surface area (Å²) in [7, 11) is 0. The molecular formula is C12H14N6O3S. The summed E-state index contributed by atoms with van der Waals surface area (Å²) < 4.78 is 5.66. The zero-order chi connectivity index (χ0) is 15.9. The number of aliphatic hydroxyl groups excluding tert-OH is 2. The molecule has 1 heterocycles. The molecule has 1 fully saturated rings. The van der Waals surface area contributed by atoms with Gasteiger partial charge in [0, 0.05) is 14.7 Å². The van der Waals surface area contributed by atoms with Crippen LogP contribution in [0.3, 0.4) is 0 Å². The molecule has 10 heteroatoms. The van der Waals surface area contributed by atoms with Crippen LogP contribution in [0, 0.1) is 0 Å². The highest BCUT2D eigenvalue weighted by Gasteiger charge is 2.44. The van der Waals surface area contributed by atoms with Crippen LogP contribution in [0.2, 0.25) is 0 Å². The zero-order valence-corrected chi connectivity index (χ0v) is 12.2. The number of hydrogen-bond donors (Lipinski definition) is 2. The topological polar surface area (TPSA) is 147 Å². The van der Waals surface area contributed by atoms with E-state index in [1.165, 1.54) is 11.8 Å². The van der Waals surface area contributed by atoms with Crippen LogP contribution in [0.4, 0.5) is 0 Å². The van der Waals surface area contributed by atoms with Crippen LogP contribution in [0.15, 0.2) is 45.5 Å². The molecule has 9 nitrogen and oxygen atoms in total. The average Bonchev–Trinajstić information content (AvgIpc) is 2.54. The molecule has 5 atom stereocenters. The molecule has 0 aromatic heterocycles. The van der Waals surface area contributed by atoms with Crippen molar-refractivity contribution in [2.75, 3.05) is 6.54 Å². The van der Waals surface area contributed by atoms with Gasteiger partial charge in [0.15, 0.2) is 0 Å². The van der Waals surface area contributed by atoms with E-state index in [4.69, 9.17) is 15.8 Å². The molecular weight excluding hydrogens is 308 g/mol. The molecule has 0 aliphatic carbocycles. The lowest BCUT2D eigenvalue weighted by molar-refractivity contribution is -0.150. The van der Waals surface area contributed by atoms with E-state index in [-0.39, 0.29) is 6.54 Å². The highest BCUT2D eigenvalue weighted by molar-refractivity contribution is 7.99. The first-order valence-electron chi connectivity index (χ1n) is 6.45. The maximum absolute atomic E-state index is 10.1. The molecule has 1 aromatic rings. The van der Waals surface area contributed by atoms with Crippen molar-refractivity contribution in [2.45, 2.75) is 34.7 Å². The van der Waals surface area contributed by atoms with Gasteiger partial charge in [-0.1, -0.05) is 40.2 Å². The molecule has 0 amide bonds. The summed E-state index contributed by atoms with van der Waals surface area (Å²) in [5.41, 5.74) is 16.3. The molecule has 0 radical (unpaired) electrons. The number of azide groups is 2. The SMILES string of the molecule is [N-]=[N+]=NCC1O[C@@H](Sc2ccccc2)C(N=[N+]=[N-])[C@@H](O)[C@@H]1O. The van der Waals surface area contributed by atoms with Gasteiger partial charge in [-0.05, 0) is 23.2 Å². The van der Waals surface area contributed by atoms with Gasteiger partial charge in [-0.2, -0.15) is 0 Å². The second-order valence-electron chi connectivity index (χ2n) is 4.56. The lowest BCUT2D eigenvalue weighted by Gasteiger charge is -2.40. The minimum Gasteiger partial charge on any atom is -0.390 e. The molecule has 116 valence electrons. The number of benzene rings is 1. The maximum Gasteiger partial charge on any atom is 0.119 e. The molecule has 1 aliphatic rings. The summed E-state index contributed by atoms with van der Waals surface area (Å²) in [6, 6.07) is 8.29. The van der Waals surface area contributed by atoms with E-state index in [0.29, 0.717) is 0 Å². The number of nitrogens with zero attached hydrogens (tertiary/aromatic N) is 6. The van der Waals surface area contributed by atoms with Gasteiger partial charge in [-0.3, -0.25) is 0 Å². The quantitative estimate of drug-likeness (QED) is 0.485. The Morgan fingerprint density at radius 2 is 1.86 bits per heavy atom. The summed E-state index contributed by atoms with van der Waals surface area (Å²) in [5.74, 6) is 0. The van der Waals surface area contributed by atoms with Crippen LogP contribution >= 0.6 is 11.8 Å². The summed E-state index contributed by atoms with van der Waals surface area (Å²) in [5, 5.41) is 27.0. The Kier molecular flexibility index (Phi) is 5.91. The Balaban J connectivity index is 2.21. The van der Waals surface area contributed by atoms with Crippen molar-refractivity contribution in [3.05, 3.63) is 51.2 Å². The molecule has 1 aliphatic heterocycles. The summed E-state index contributed by atoms with van der Waals surface area (Å²) in [6.07, 6.45) is -3.46. The third-order valence-corrected chi connectivity index (χ3v) is 4.34. The third-order valence-electron chi connectivity index (χ3n) is 3.17. The second-order valence-corrected chi connectivity index (χ2v) is 5.74. The first kappa shape index (κ1) is 16.4. The van der Waals surface area contributed by atoms with Gasteiger partial charge in [-0.25, -0.2) is 0 Å². The van der Waals surface area contributed by atoms with Gasteiger partial charge in [0.2, 0.25) is 0 Å². The zero-order valence-electron chi connectivity index (χ0n) is 11.4. The Bertz CT molecular complexity index is 588. The summed E-state index contributed by atoms with van der Waals surface area (Å²) in [6.45, 7) is -0.121. The van der Waals surface area contributed by atoms with Crippen molar-refractivity contribution in [2.24, 2.45) is 10.2 Å². The van der Waals surface area contributed by atoms with E-state index in [9.17, 15) is 10.2 Å². The lowest BCUT2D eigenvalue weighted by atomic mass is 9.98. The lowest BCUT2D eigenvalue weighted by Crippen LogP contribution is -2.56. The van der Waals surface area contributed by atoms with Gasteiger partial charge in [0.1, 0.15) is 17.6 Å². The Hall–Kier alpha value is -1.93. The van der Waals surface area contributed by atoms with E-state index in [0.717, 1.165) is 4.90 Å². The largest absolute Gasteiger partial charge is 0.390 e. The molecule has 1 aromatic carbocycles. The predicted octanol–water partition coefficient (Wildman–Crippen LogP) is 2.21. The molecule has 0 spiro atoms. The standard InChI is InChI=1S/C12H14N6O3S/c13-17-15-6-8-10(19)11(20)9(16-18-14)12(21-8)22-7-4-2-1-3-5-7/h1-5,8-12,19-20H,6H2/t8?,9?,10-,11-,12+/m1/s1. The molecule has 2 unspecified atom stereocenters. The van der Waals surface area contributed by atoms with Crippen molar-refractivity contribution in [1.29, 1.82) is 0 Å². The van der Waals surface area contributed by atoms with Gasteiger partial charge in [0.25, 0.3) is 0 Å². The second kappa shape index (κ2) is 7.90. The fourth-order valence-corrected chi connectivity index (χ4v) is 3.23. The number of rotatable bonds is 5.